The van der Waals surface area contributed by atoms with Crippen molar-refractivity contribution < 1.29 is 4.74 Å². The number of pyridine rings is 1. The third-order valence-corrected chi connectivity index (χ3v) is 3.05. The molecular formula is C13H12ClN3OS. The lowest BCUT2D eigenvalue weighted by molar-refractivity contribution is 0.415. The number of nitrogens with two attached hydrogens (primary N) is 1. The number of aromatic nitrogens is 1. The number of thiocarbonyl (C=S) groups is 1. The molecule has 19 heavy (non-hydrogen) atoms. The van der Waals surface area contributed by atoms with E-state index >= 15 is 0 Å². The van der Waals surface area contributed by atoms with E-state index in [0.29, 0.717) is 15.8 Å². The van der Waals surface area contributed by atoms with Crippen molar-refractivity contribution in [2.45, 2.75) is 0 Å². The highest BCUT2D eigenvalue weighted by Gasteiger charge is 2.07. The zero-order valence-corrected chi connectivity index (χ0v) is 11.8. The zero-order chi connectivity index (χ0) is 13.8. The van der Waals surface area contributed by atoms with Gasteiger partial charge in [-0.05, 0) is 18.2 Å². The van der Waals surface area contributed by atoms with Crippen LogP contribution in [0.3, 0.4) is 0 Å². The summed E-state index contributed by atoms with van der Waals surface area (Å²) in [6.45, 7) is 0. The highest BCUT2D eigenvalue weighted by atomic mass is 35.5. The predicted molar refractivity (Wildman–Crippen MR) is 81.4 cm³/mol. The fourth-order valence-electron chi connectivity index (χ4n) is 1.60. The molecule has 0 bridgehead atoms. The molecule has 1 aromatic carbocycles. The van der Waals surface area contributed by atoms with Crippen molar-refractivity contribution in [3.05, 3.63) is 47.2 Å². The molecule has 6 heteroatoms. The number of methoxy groups -OCH3 is 1. The smallest absolute Gasteiger partial charge is 0.139 e. The van der Waals surface area contributed by atoms with Crippen molar-refractivity contribution in [2.75, 3.05) is 12.4 Å². The lowest BCUT2D eigenvalue weighted by atomic mass is 10.2. The van der Waals surface area contributed by atoms with Crippen LogP contribution in [0.4, 0.5) is 11.4 Å². The number of benzene rings is 1. The third kappa shape index (κ3) is 3.13. The maximum atomic E-state index is 5.98. The molecule has 3 N–H and O–H groups in total. The molecule has 0 radical (unpaired) electrons. The summed E-state index contributed by atoms with van der Waals surface area (Å²) in [4.78, 5) is 4.36. The molecule has 0 saturated carbocycles. The molecular weight excluding hydrogens is 282 g/mol. The zero-order valence-electron chi connectivity index (χ0n) is 10.2. The highest BCUT2D eigenvalue weighted by Crippen LogP contribution is 2.29. The van der Waals surface area contributed by atoms with Gasteiger partial charge in [-0.2, -0.15) is 0 Å². The van der Waals surface area contributed by atoms with E-state index in [1.165, 1.54) is 0 Å². The Labute approximate surface area is 121 Å². The summed E-state index contributed by atoms with van der Waals surface area (Å²) in [5.74, 6) is 0.590. The van der Waals surface area contributed by atoms with Crippen LogP contribution in [-0.2, 0) is 0 Å². The molecule has 0 spiro atoms. The minimum atomic E-state index is 0.311. The molecule has 0 aliphatic rings. The van der Waals surface area contributed by atoms with Crippen molar-refractivity contribution in [1.29, 1.82) is 0 Å². The number of anilines is 2. The van der Waals surface area contributed by atoms with Crippen LogP contribution < -0.4 is 15.8 Å². The van der Waals surface area contributed by atoms with E-state index in [0.717, 1.165) is 16.9 Å². The average molecular weight is 294 g/mol. The Bertz CT molecular complexity index is 619. The molecule has 0 aliphatic carbocycles. The Kier molecular flexibility index (Phi) is 4.19. The summed E-state index contributed by atoms with van der Waals surface area (Å²) in [7, 11) is 1.56. The van der Waals surface area contributed by atoms with Crippen molar-refractivity contribution in [1.82, 2.24) is 4.98 Å². The van der Waals surface area contributed by atoms with Gasteiger partial charge in [-0.1, -0.05) is 23.8 Å². The second kappa shape index (κ2) is 5.86. The quantitative estimate of drug-likeness (QED) is 0.848. The Hall–Kier alpha value is -1.85. The summed E-state index contributed by atoms with van der Waals surface area (Å²) in [5.41, 5.74) is 7.95. The number of rotatable bonds is 4. The van der Waals surface area contributed by atoms with Crippen LogP contribution in [0.15, 0.2) is 36.7 Å². The highest BCUT2D eigenvalue weighted by molar-refractivity contribution is 7.80. The lowest BCUT2D eigenvalue weighted by Crippen LogP contribution is -2.12. The van der Waals surface area contributed by atoms with Crippen molar-refractivity contribution in [3.8, 4) is 5.75 Å². The second-order valence-electron chi connectivity index (χ2n) is 3.76. The van der Waals surface area contributed by atoms with Crippen molar-refractivity contribution in [2.24, 2.45) is 5.73 Å². The summed E-state index contributed by atoms with van der Waals surface area (Å²) in [5, 5.41) is 3.74. The van der Waals surface area contributed by atoms with Gasteiger partial charge in [0.25, 0.3) is 0 Å². The monoisotopic (exact) mass is 293 g/mol. The number of nitrogens with one attached hydrogen (secondary N) is 1. The molecule has 1 aromatic heterocycles. The van der Waals surface area contributed by atoms with Gasteiger partial charge in [0.15, 0.2) is 0 Å². The third-order valence-electron chi connectivity index (χ3n) is 2.52. The molecule has 0 aliphatic heterocycles. The number of nitrogens with zero attached hydrogens (tertiary/aromatic N) is 1. The fourth-order valence-corrected chi connectivity index (χ4v) is 1.97. The topological polar surface area (TPSA) is 60.2 Å². The first-order valence-corrected chi connectivity index (χ1v) is 6.25. The van der Waals surface area contributed by atoms with Gasteiger partial charge in [0, 0.05) is 23.5 Å². The second-order valence-corrected chi connectivity index (χ2v) is 4.61. The molecule has 0 amide bonds. The molecule has 0 saturated heterocycles. The first kappa shape index (κ1) is 13.6. The first-order chi connectivity index (χ1) is 9.11. The molecule has 98 valence electrons. The fraction of sp³-hybridized carbons (Fsp3) is 0.0769. The van der Waals surface area contributed by atoms with Crippen LogP contribution in [0.25, 0.3) is 0 Å². The van der Waals surface area contributed by atoms with Gasteiger partial charge in [-0.25, -0.2) is 0 Å². The van der Waals surface area contributed by atoms with Crippen molar-refractivity contribution >= 4 is 40.2 Å². The Morgan fingerprint density at radius 2 is 2.21 bits per heavy atom. The van der Waals surface area contributed by atoms with E-state index < -0.39 is 0 Å². The van der Waals surface area contributed by atoms with Gasteiger partial charge in [0.05, 0.1) is 24.0 Å². The average Bonchev–Trinajstić information content (AvgIpc) is 2.41. The SMILES string of the molecule is COc1cc(Nc2cnccc2C(N)=S)ccc1Cl. The van der Waals surface area contributed by atoms with Crippen LogP contribution in [0, 0.1) is 0 Å². The first-order valence-electron chi connectivity index (χ1n) is 5.46. The molecule has 0 fully saturated rings. The maximum Gasteiger partial charge on any atom is 0.139 e. The Balaban J connectivity index is 2.34. The minimum absolute atomic E-state index is 0.311. The summed E-state index contributed by atoms with van der Waals surface area (Å²) < 4.78 is 5.16. The summed E-state index contributed by atoms with van der Waals surface area (Å²) in [6.07, 6.45) is 3.30. The molecule has 0 atom stereocenters. The molecule has 1 heterocycles. The van der Waals surface area contributed by atoms with E-state index in [4.69, 9.17) is 34.3 Å². The standard InChI is InChI=1S/C13H12ClN3OS/c1-18-12-6-8(2-3-10(12)14)17-11-7-16-5-4-9(11)13(15)19/h2-7,17H,1H3,(H2,15,19). The van der Waals surface area contributed by atoms with E-state index in [2.05, 4.69) is 10.3 Å². The molecule has 2 rings (SSSR count). The number of halogens is 1. The van der Waals surface area contributed by atoms with Gasteiger partial charge < -0.3 is 15.8 Å². The Morgan fingerprint density at radius 3 is 2.89 bits per heavy atom. The lowest BCUT2D eigenvalue weighted by Gasteiger charge is -2.12. The van der Waals surface area contributed by atoms with E-state index in [1.54, 1.807) is 37.7 Å². The summed E-state index contributed by atoms with van der Waals surface area (Å²) in [6, 6.07) is 7.14. The van der Waals surface area contributed by atoms with E-state index in [1.807, 2.05) is 6.07 Å². The van der Waals surface area contributed by atoms with Crippen LogP contribution in [0.1, 0.15) is 5.56 Å². The van der Waals surface area contributed by atoms with Crippen molar-refractivity contribution in [3.63, 3.8) is 0 Å². The maximum absolute atomic E-state index is 5.98. The van der Waals surface area contributed by atoms with Crippen LogP contribution in [0.2, 0.25) is 5.02 Å². The number of hydrogen-bond donors (Lipinski definition) is 2. The van der Waals surface area contributed by atoms with Crippen LogP contribution in [-0.4, -0.2) is 17.1 Å². The van der Waals surface area contributed by atoms with Gasteiger partial charge in [0.1, 0.15) is 10.7 Å². The largest absolute Gasteiger partial charge is 0.495 e. The van der Waals surface area contributed by atoms with Gasteiger partial charge >= 0.3 is 0 Å². The molecule has 4 nitrogen and oxygen atoms in total. The van der Waals surface area contributed by atoms with Crippen LogP contribution >= 0.6 is 23.8 Å². The van der Waals surface area contributed by atoms with E-state index in [9.17, 15) is 0 Å². The number of ether oxygens (including phenoxy) is 1. The van der Waals surface area contributed by atoms with Gasteiger partial charge in [0.2, 0.25) is 0 Å². The van der Waals surface area contributed by atoms with Gasteiger partial charge in [-0.15, -0.1) is 0 Å². The minimum Gasteiger partial charge on any atom is -0.495 e. The van der Waals surface area contributed by atoms with Gasteiger partial charge in [-0.3, -0.25) is 4.98 Å². The van der Waals surface area contributed by atoms with Crippen LogP contribution in [0.5, 0.6) is 5.75 Å². The number of hydrogen-bond acceptors (Lipinski definition) is 4. The van der Waals surface area contributed by atoms with E-state index in [-0.39, 0.29) is 0 Å². The normalized spacial score (nSPS) is 10.0. The Morgan fingerprint density at radius 1 is 1.42 bits per heavy atom. The molecule has 0 unspecified atom stereocenters. The summed E-state index contributed by atoms with van der Waals surface area (Å²) >= 11 is 11.0. The molecule has 2 aromatic rings. The predicted octanol–water partition coefficient (Wildman–Crippen LogP) is 3.12.